The molecule has 1 aromatic heterocycles. The van der Waals surface area contributed by atoms with Gasteiger partial charge in [0.2, 0.25) is 10.0 Å². The molecule has 15 heavy (non-hydrogen) atoms. The summed E-state index contributed by atoms with van der Waals surface area (Å²) in [5.41, 5.74) is 1.09. The molecule has 1 heterocycles. The van der Waals surface area contributed by atoms with E-state index in [1.807, 2.05) is 17.7 Å². The summed E-state index contributed by atoms with van der Waals surface area (Å²) in [5.74, 6) is 0.133. The SMILES string of the molecule is CCS(=O)(=O)NCCCn1nccc1C. The number of sulfonamides is 1. The lowest BCUT2D eigenvalue weighted by Crippen LogP contribution is -2.27. The van der Waals surface area contributed by atoms with Gasteiger partial charge in [-0.25, -0.2) is 13.1 Å². The van der Waals surface area contributed by atoms with E-state index in [1.54, 1.807) is 13.1 Å². The first-order chi connectivity index (χ1) is 7.05. The third kappa shape index (κ3) is 4.01. The van der Waals surface area contributed by atoms with Crippen LogP contribution in [0.15, 0.2) is 12.3 Å². The Morgan fingerprint density at radius 2 is 2.27 bits per heavy atom. The van der Waals surface area contributed by atoms with Crippen LogP contribution in [0.3, 0.4) is 0 Å². The molecule has 0 spiro atoms. The molecule has 0 radical (unpaired) electrons. The molecule has 1 N–H and O–H groups in total. The number of hydrogen-bond acceptors (Lipinski definition) is 3. The van der Waals surface area contributed by atoms with E-state index in [0.29, 0.717) is 6.54 Å². The number of hydrogen-bond donors (Lipinski definition) is 1. The zero-order chi connectivity index (χ0) is 11.3. The lowest BCUT2D eigenvalue weighted by atomic mass is 10.4. The maximum atomic E-state index is 11.1. The second-order valence-electron chi connectivity index (χ2n) is 3.35. The van der Waals surface area contributed by atoms with Gasteiger partial charge >= 0.3 is 0 Å². The highest BCUT2D eigenvalue weighted by molar-refractivity contribution is 7.89. The lowest BCUT2D eigenvalue weighted by molar-refractivity contribution is 0.546. The van der Waals surface area contributed by atoms with E-state index < -0.39 is 10.0 Å². The smallest absolute Gasteiger partial charge is 0.211 e. The molecule has 1 rings (SSSR count). The van der Waals surface area contributed by atoms with Gasteiger partial charge in [-0.3, -0.25) is 4.68 Å². The molecule has 0 aliphatic heterocycles. The van der Waals surface area contributed by atoms with Gasteiger partial charge in [0.05, 0.1) is 5.75 Å². The van der Waals surface area contributed by atoms with Crippen LogP contribution in [0.5, 0.6) is 0 Å². The first-order valence-electron chi connectivity index (χ1n) is 5.01. The molecule has 0 aromatic carbocycles. The van der Waals surface area contributed by atoms with Crippen molar-refractivity contribution in [3.05, 3.63) is 18.0 Å². The summed E-state index contributed by atoms with van der Waals surface area (Å²) in [7, 11) is -3.05. The molecule has 0 aliphatic carbocycles. The molecule has 0 saturated heterocycles. The van der Waals surface area contributed by atoms with E-state index >= 15 is 0 Å². The summed E-state index contributed by atoms with van der Waals surface area (Å²) < 4.78 is 26.6. The minimum atomic E-state index is -3.05. The molecule has 1 aromatic rings. The van der Waals surface area contributed by atoms with E-state index in [2.05, 4.69) is 9.82 Å². The molecule has 6 heteroatoms. The number of aryl methyl sites for hydroxylation is 2. The molecule has 86 valence electrons. The standard InChI is InChI=1S/C9H17N3O2S/c1-3-15(13,14)11-6-4-8-12-9(2)5-7-10-12/h5,7,11H,3-4,6,8H2,1-2H3. The second-order valence-corrected chi connectivity index (χ2v) is 5.44. The first-order valence-corrected chi connectivity index (χ1v) is 6.66. The summed E-state index contributed by atoms with van der Waals surface area (Å²) in [6.45, 7) is 4.81. The highest BCUT2D eigenvalue weighted by Gasteiger charge is 2.04. The van der Waals surface area contributed by atoms with Crippen molar-refractivity contribution in [2.45, 2.75) is 26.8 Å². The van der Waals surface area contributed by atoms with Crippen molar-refractivity contribution in [2.75, 3.05) is 12.3 Å². The average molecular weight is 231 g/mol. The Labute approximate surface area is 90.5 Å². The Morgan fingerprint density at radius 1 is 1.53 bits per heavy atom. The van der Waals surface area contributed by atoms with Gasteiger partial charge in [0.15, 0.2) is 0 Å². The molecule has 0 amide bonds. The predicted octanol–water partition coefficient (Wildman–Crippen LogP) is 0.521. The Kier molecular flexibility index (Phi) is 4.28. The number of aromatic nitrogens is 2. The van der Waals surface area contributed by atoms with Crippen molar-refractivity contribution < 1.29 is 8.42 Å². The summed E-state index contributed by atoms with van der Waals surface area (Å²) in [5, 5.41) is 4.11. The fraction of sp³-hybridized carbons (Fsp3) is 0.667. The maximum absolute atomic E-state index is 11.1. The molecule has 0 fully saturated rings. The van der Waals surface area contributed by atoms with E-state index in [4.69, 9.17) is 0 Å². The van der Waals surface area contributed by atoms with Gasteiger partial charge in [0, 0.05) is 25.0 Å². The highest BCUT2D eigenvalue weighted by atomic mass is 32.2. The van der Waals surface area contributed by atoms with Gasteiger partial charge < -0.3 is 0 Å². The Hall–Kier alpha value is -0.880. The lowest BCUT2D eigenvalue weighted by Gasteiger charge is -2.05. The summed E-state index contributed by atoms with van der Waals surface area (Å²) in [4.78, 5) is 0. The van der Waals surface area contributed by atoms with Gasteiger partial charge in [-0.15, -0.1) is 0 Å². The zero-order valence-corrected chi connectivity index (χ0v) is 9.92. The third-order valence-electron chi connectivity index (χ3n) is 2.18. The van der Waals surface area contributed by atoms with Crippen molar-refractivity contribution in [1.82, 2.24) is 14.5 Å². The van der Waals surface area contributed by atoms with Crippen molar-refractivity contribution in [3.8, 4) is 0 Å². The Balaban J connectivity index is 2.26. The van der Waals surface area contributed by atoms with Crippen LogP contribution in [-0.4, -0.2) is 30.5 Å². The number of nitrogens with one attached hydrogen (secondary N) is 1. The maximum Gasteiger partial charge on any atom is 0.211 e. The third-order valence-corrected chi connectivity index (χ3v) is 3.58. The van der Waals surface area contributed by atoms with Crippen molar-refractivity contribution >= 4 is 10.0 Å². The quantitative estimate of drug-likeness (QED) is 0.726. The molecule has 0 bridgehead atoms. The Morgan fingerprint density at radius 3 is 2.80 bits per heavy atom. The first kappa shape index (κ1) is 12.2. The van der Waals surface area contributed by atoms with Gasteiger partial charge in [0.25, 0.3) is 0 Å². The van der Waals surface area contributed by atoms with E-state index in [0.717, 1.165) is 18.7 Å². The van der Waals surface area contributed by atoms with Gasteiger partial charge in [0.1, 0.15) is 0 Å². The van der Waals surface area contributed by atoms with Crippen molar-refractivity contribution in [1.29, 1.82) is 0 Å². The molecule has 0 atom stereocenters. The largest absolute Gasteiger partial charge is 0.270 e. The average Bonchev–Trinajstić information content (AvgIpc) is 2.59. The van der Waals surface area contributed by atoms with E-state index in [1.165, 1.54) is 0 Å². The van der Waals surface area contributed by atoms with E-state index in [9.17, 15) is 8.42 Å². The monoisotopic (exact) mass is 231 g/mol. The van der Waals surface area contributed by atoms with Gasteiger partial charge in [-0.2, -0.15) is 5.10 Å². The second kappa shape index (κ2) is 5.27. The van der Waals surface area contributed by atoms with Crippen LogP contribution in [0, 0.1) is 6.92 Å². The normalized spacial score (nSPS) is 11.9. The highest BCUT2D eigenvalue weighted by Crippen LogP contribution is 1.97. The van der Waals surface area contributed by atoms with Crippen LogP contribution in [-0.2, 0) is 16.6 Å². The predicted molar refractivity (Wildman–Crippen MR) is 59.0 cm³/mol. The number of rotatable bonds is 6. The molecule has 5 nitrogen and oxygen atoms in total. The molecule has 0 saturated carbocycles. The van der Waals surface area contributed by atoms with Crippen molar-refractivity contribution in [3.63, 3.8) is 0 Å². The fourth-order valence-corrected chi connectivity index (χ4v) is 1.85. The molecular weight excluding hydrogens is 214 g/mol. The Bertz CT molecular complexity index is 397. The summed E-state index contributed by atoms with van der Waals surface area (Å²) in [6, 6.07) is 1.93. The summed E-state index contributed by atoms with van der Waals surface area (Å²) in [6.07, 6.45) is 2.49. The number of nitrogens with zero attached hydrogens (tertiary/aromatic N) is 2. The summed E-state index contributed by atoms with van der Waals surface area (Å²) >= 11 is 0. The van der Waals surface area contributed by atoms with E-state index in [-0.39, 0.29) is 5.75 Å². The van der Waals surface area contributed by atoms with Gasteiger partial charge in [-0.1, -0.05) is 0 Å². The van der Waals surface area contributed by atoms with Crippen LogP contribution >= 0.6 is 0 Å². The zero-order valence-electron chi connectivity index (χ0n) is 9.10. The van der Waals surface area contributed by atoms with Crippen LogP contribution in [0.2, 0.25) is 0 Å². The van der Waals surface area contributed by atoms with Crippen molar-refractivity contribution in [2.24, 2.45) is 0 Å². The topological polar surface area (TPSA) is 64.0 Å². The molecular formula is C9H17N3O2S. The molecule has 0 unspecified atom stereocenters. The fourth-order valence-electron chi connectivity index (χ4n) is 1.19. The minimum Gasteiger partial charge on any atom is -0.270 e. The van der Waals surface area contributed by atoms with Crippen LogP contribution in [0.4, 0.5) is 0 Å². The van der Waals surface area contributed by atoms with Crippen LogP contribution in [0.25, 0.3) is 0 Å². The minimum absolute atomic E-state index is 0.133. The van der Waals surface area contributed by atoms with Crippen LogP contribution in [0.1, 0.15) is 19.0 Å². The van der Waals surface area contributed by atoms with Gasteiger partial charge in [-0.05, 0) is 26.3 Å². The molecule has 0 aliphatic rings. The van der Waals surface area contributed by atoms with Crippen LogP contribution < -0.4 is 4.72 Å².